The van der Waals surface area contributed by atoms with Crippen molar-refractivity contribution in [2.24, 2.45) is 23.5 Å². The van der Waals surface area contributed by atoms with Crippen molar-refractivity contribution in [1.82, 2.24) is 0 Å². The third kappa shape index (κ3) is 3.26. The Morgan fingerprint density at radius 3 is 2.83 bits per heavy atom. The molecule has 1 aromatic rings. The average molecular weight is 247 g/mol. The minimum Gasteiger partial charge on any atom is -0.497 e. The molecule has 3 unspecified atom stereocenters. The van der Waals surface area contributed by atoms with Crippen molar-refractivity contribution < 1.29 is 4.74 Å². The number of methoxy groups -OCH3 is 1. The van der Waals surface area contributed by atoms with Gasteiger partial charge < -0.3 is 10.5 Å². The molecule has 2 heteroatoms. The van der Waals surface area contributed by atoms with Gasteiger partial charge in [-0.1, -0.05) is 25.5 Å². The van der Waals surface area contributed by atoms with Crippen molar-refractivity contribution in [3.05, 3.63) is 29.8 Å². The van der Waals surface area contributed by atoms with E-state index >= 15 is 0 Å². The Hall–Kier alpha value is -1.02. The lowest BCUT2D eigenvalue weighted by Gasteiger charge is -2.34. The van der Waals surface area contributed by atoms with Crippen LogP contribution in [0.5, 0.6) is 5.75 Å². The van der Waals surface area contributed by atoms with Gasteiger partial charge in [-0.15, -0.1) is 0 Å². The molecule has 0 heterocycles. The van der Waals surface area contributed by atoms with E-state index in [1.54, 1.807) is 7.11 Å². The first-order valence-electron chi connectivity index (χ1n) is 7.06. The molecule has 3 atom stereocenters. The minimum atomic E-state index is 0.701. The van der Waals surface area contributed by atoms with E-state index in [4.69, 9.17) is 10.5 Å². The zero-order valence-electron chi connectivity index (χ0n) is 11.6. The van der Waals surface area contributed by atoms with Crippen LogP contribution in [0.2, 0.25) is 0 Å². The third-order valence-corrected chi connectivity index (χ3v) is 4.34. The van der Waals surface area contributed by atoms with Crippen molar-refractivity contribution in [2.45, 2.75) is 32.6 Å². The lowest BCUT2D eigenvalue weighted by Crippen LogP contribution is -2.31. The molecule has 100 valence electrons. The van der Waals surface area contributed by atoms with Gasteiger partial charge in [-0.25, -0.2) is 0 Å². The lowest BCUT2D eigenvalue weighted by molar-refractivity contribution is 0.193. The third-order valence-electron chi connectivity index (χ3n) is 4.34. The smallest absolute Gasteiger partial charge is 0.119 e. The van der Waals surface area contributed by atoms with Crippen molar-refractivity contribution >= 4 is 0 Å². The molecule has 1 aliphatic carbocycles. The van der Waals surface area contributed by atoms with Gasteiger partial charge in [0.1, 0.15) is 5.75 Å². The highest BCUT2D eigenvalue weighted by Crippen LogP contribution is 2.35. The first-order valence-corrected chi connectivity index (χ1v) is 7.06. The Balaban J connectivity index is 2.05. The number of hydrogen-bond donors (Lipinski definition) is 1. The first-order chi connectivity index (χ1) is 8.72. The summed E-state index contributed by atoms with van der Waals surface area (Å²) < 4.78 is 5.29. The lowest BCUT2D eigenvalue weighted by atomic mass is 9.72. The normalized spacial score (nSPS) is 28.1. The van der Waals surface area contributed by atoms with Gasteiger partial charge in [-0.05, 0) is 61.3 Å². The first kappa shape index (κ1) is 13.4. The molecule has 1 saturated carbocycles. The topological polar surface area (TPSA) is 35.2 Å². The van der Waals surface area contributed by atoms with E-state index in [0.717, 1.165) is 30.6 Å². The molecule has 0 amide bonds. The number of nitrogens with two attached hydrogens (primary N) is 1. The average Bonchev–Trinajstić information content (AvgIpc) is 2.39. The maximum atomic E-state index is 5.92. The SMILES string of the molecule is COc1cccc(CC2CC(C)CCC2CN)c1. The van der Waals surface area contributed by atoms with Gasteiger partial charge in [0.2, 0.25) is 0 Å². The fraction of sp³-hybridized carbons (Fsp3) is 0.625. The van der Waals surface area contributed by atoms with E-state index in [9.17, 15) is 0 Å². The summed E-state index contributed by atoms with van der Waals surface area (Å²) in [6, 6.07) is 8.45. The highest BCUT2D eigenvalue weighted by atomic mass is 16.5. The fourth-order valence-electron chi connectivity index (χ4n) is 3.22. The van der Waals surface area contributed by atoms with Gasteiger partial charge in [0, 0.05) is 0 Å². The van der Waals surface area contributed by atoms with Crippen LogP contribution in [0, 0.1) is 17.8 Å². The van der Waals surface area contributed by atoms with Crippen LogP contribution in [-0.2, 0) is 6.42 Å². The van der Waals surface area contributed by atoms with E-state index in [0.29, 0.717) is 5.92 Å². The van der Waals surface area contributed by atoms with Crippen molar-refractivity contribution in [3.63, 3.8) is 0 Å². The molecular formula is C16H25NO. The van der Waals surface area contributed by atoms with Crippen LogP contribution >= 0.6 is 0 Å². The molecule has 0 saturated heterocycles. The van der Waals surface area contributed by atoms with Crippen LogP contribution in [0.3, 0.4) is 0 Å². The van der Waals surface area contributed by atoms with Gasteiger partial charge in [-0.3, -0.25) is 0 Å². The number of hydrogen-bond acceptors (Lipinski definition) is 2. The maximum absolute atomic E-state index is 5.92. The summed E-state index contributed by atoms with van der Waals surface area (Å²) in [5, 5.41) is 0. The highest BCUT2D eigenvalue weighted by Gasteiger charge is 2.27. The summed E-state index contributed by atoms with van der Waals surface area (Å²) in [5.74, 6) is 3.25. The second-order valence-corrected chi connectivity index (χ2v) is 5.73. The summed E-state index contributed by atoms with van der Waals surface area (Å²) >= 11 is 0. The van der Waals surface area contributed by atoms with Gasteiger partial charge in [0.15, 0.2) is 0 Å². The van der Waals surface area contributed by atoms with Crippen molar-refractivity contribution in [2.75, 3.05) is 13.7 Å². The van der Waals surface area contributed by atoms with Crippen LogP contribution in [0.15, 0.2) is 24.3 Å². The molecule has 1 fully saturated rings. The summed E-state index contributed by atoms with van der Waals surface area (Å²) in [5.41, 5.74) is 7.31. The minimum absolute atomic E-state index is 0.701. The highest BCUT2D eigenvalue weighted by molar-refractivity contribution is 5.28. The molecule has 2 rings (SSSR count). The van der Waals surface area contributed by atoms with Crippen molar-refractivity contribution in [1.29, 1.82) is 0 Å². The Morgan fingerprint density at radius 1 is 1.28 bits per heavy atom. The van der Waals surface area contributed by atoms with E-state index in [-0.39, 0.29) is 0 Å². The monoisotopic (exact) mass is 247 g/mol. The van der Waals surface area contributed by atoms with Crippen LogP contribution in [0.1, 0.15) is 31.7 Å². The Morgan fingerprint density at radius 2 is 2.11 bits per heavy atom. The molecule has 0 aliphatic heterocycles. The molecule has 2 nitrogen and oxygen atoms in total. The van der Waals surface area contributed by atoms with E-state index < -0.39 is 0 Å². The summed E-state index contributed by atoms with van der Waals surface area (Å²) in [6.07, 6.45) is 5.10. The molecule has 0 radical (unpaired) electrons. The van der Waals surface area contributed by atoms with E-state index in [1.165, 1.54) is 24.8 Å². The molecule has 0 aromatic heterocycles. The number of rotatable bonds is 4. The standard InChI is InChI=1S/C16H25NO/c1-12-6-7-14(11-17)15(8-12)9-13-4-3-5-16(10-13)18-2/h3-5,10,12,14-15H,6-9,11,17H2,1-2H3. The van der Waals surface area contributed by atoms with Gasteiger partial charge in [0.25, 0.3) is 0 Å². The Kier molecular flexibility index (Phi) is 4.65. The zero-order chi connectivity index (χ0) is 13.0. The van der Waals surface area contributed by atoms with Gasteiger partial charge in [-0.2, -0.15) is 0 Å². The largest absolute Gasteiger partial charge is 0.497 e. The Bertz CT molecular complexity index is 377. The Labute approximate surface area is 111 Å². The second kappa shape index (κ2) is 6.24. The zero-order valence-corrected chi connectivity index (χ0v) is 11.6. The molecule has 2 N–H and O–H groups in total. The number of benzene rings is 1. The molecular weight excluding hydrogens is 222 g/mol. The molecule has 0 bridgehead atoms. The van der Waals surface area contributed by atoms with Crippen molar-refractivity contribution in [3.8, 4) is 5.75 Å². The van der Waals surface area contributed by atoms with Gasteiger partial charge >= 0.3 is 0 Å². The summed E-state index contributed by atoms with van der Waals surface area (Å²) in [7, 11) is 1.73. The van der Waals surface area contributed by atoms with E-state index in [1.807, 2.05) is 6.07 Å². The predicted molar refractivity (Wildman–Crippen MR) is 75.7 cm³/mol. The maximum Gasteiger partial charge on any atom is 0.119 e. The molecule has 1 aromatic carbocycles. The number of ether oxygens (including phenoxy) is 1. The summed E-state index contributed by atoms with van der Waals surface area (Å²) in [6.45, 7) is 3.20. The van der Waals surface area contributed by atoms with Crippen LogP contribution in [-0.4, -0.2) is 13.7 Å². The second-order valence-electron chi connectivity index (χ2n) is 5.73. The van der Waals surface area contributed by atoms with Crippen LogP contribution in [0.4, 0.5) is 0 Å². The van der Waals surface area contributed by atoms with E-state index in [2.05, 4.69) is 25.1 Å². The molecule has 18 heavy (non-hydrogen) atoms. The van der Waals surface area contributed by atoms with Crippen LogP contribution in [0.25, 0.3) is 0 Å². The van der Waals surface area contributed by atoms with Gasteiger partial charge in [0.05, 0.1) is 7.11 Å². The van der Waals surface area contributed by atoms with Crippen LogP contribution < -0.4 is 10.5 Å². The summed E-state index contributed by atoms with van der Waals surface area (Å²) in [4.78, 5) is 0. The molecule has 0 spiro atoms. The molecule has 1 aliphatic rings. The predicted octanol–water partition coefficient (Wildman–Crippen LogP) is 3.25. The fourth-order valence-corrected chi connectivity index (χ4v) is 3.22. The quantitative estimate of drug-likeness (QED) is 0.886.